The predicted molar refractivity (Wildman–Crippen MR) is 81.5 cm³/mol. The van der Waals surface area contributed by atoms with E-state index < -0.39 is 5.91 Å². The molecule has 1 amide bonds. The van der Waals surface area contributed by atoms with Crippen LogP contribution in [0.15, 0.2) is 36.4 Å². The van der Waals surface area contributed by atoms with Crippen LogP contribution in [0.4, 0.5) is 11.5 Å². The molecule has 0 bridgehead atoms. The number of methoxy groups -OCH3 is 1. The van der Waals surface area contributed by atoms with E-state index in [0.717, 1.165) is 0 Å². The van der Waals surface area contributed by atoms with Gasteiger partial charge in [0.05, 0.1) is 17.9 Å². The Bertz CT molecular complexity index is 679. The molecule has 0 unspecified atom stereocenters. The molecule has 0 fully saturated rings. The minimum absolute atomic E-state index is 0.171. The van der Waals surface area contributed by atoms with Gasteiger partial charge in [0.25, 0.3) is 5.91 Å². The third kappa shape index (κ3) is 4.01. The molecular formula is C15H15N5O2. The van der Waals surface area contributed by atoms with Crippen molar-refractivity contribution < 1.29 is 9.53 Å². The number of para-hydroxylation sites is 1. The summed E-state index contributed by atoms with van der Waals surface area (Å²) in [7, 11) is 1.61. The molecule has 2 N–H and O–H groups in total. The molecule has 112 valence electrons. The molecule has 1 heterocycles. The summed E-state index contributed by atoms with van der Waals surface area (Å²) in [5.41, 5.74) is 1.01. The molecule has 0 aliphatic heterocycles. The fourth-order valence-corrected chi connectivity index (χ4v) is 1.70. The first-order valence-corrected chi connectivity index (χ1v) is 6.61. The van der Waals surface area contributed by atoms with Gasteiger partial charge in [-0.2, -0.15) is 5.26 Å². The fraction of sp³-hybridized carbons (Fsp3) is 0.200. The molecule has 0 radical (unpaired) electrons. The van der Waals surface area contributed by atoms with Crippen LogP contribution in [0.5, 0.6) is 0 Å². The van der Waals surface area contributed by atoms with Gasteiger partial charge in [-0.15, -0.1) is 10.2 Å². The zero-order chi connectivity index (χ0) is 15.8. The van der Waals surface area contributed by atoms with Crippen LogP contribution < -0.4 is 10.6 Å². The molecule has 2 rings (SSSR count). The number of amides is 1. The van der Waals surface area contributed by atoms with Crippen LogP contribution >= 0.6 is 0 Å². The van der Waals surface area contributed by atoms with Crippen molar-refractivity contribution in [2.45, 2.75) is 0 Å². The monoisotopic (exact) mass is 297 g/mol. The summed E-state index contributed by atoms with van der Waals surface area (Å²) >= 11 is 0. The van der Waals surface area contributed by atoms with Crippen LogP contribution in [0, 0.1) is 11.3 Å². The maximum atomic E-state index is 12.1. The molecule has 1 aromatic heterocycles. The maximum absolute atomic E-state index is 12.1. The number of carbonyl (C=O) groups is 1. The molecular weight excluding hydrogens is 282 g/mol. The summed E-state index contributed by atoms with van der Waals surface area (Å²) in [6.07, 6.45) is 0. The minimum atomic E-state index is -0.418. The van der Waals surface area contributed by atoms with Crippen LogP contribution in [-0.2, 0) is 4.74 Å². The number of nitriles is 1. The van der Waals surface area contributed by atoms with Crippen molar-refractivity contribution in [2.75, 3.05) is 30.9 Å². The Hall–Kier alpha value is -2.98. The van der Waals surface area contributed by atoms with Crippen molar-refractivity contribution in [3.63, 3.8) is 0 Å². The summed E-state index contributed by atoms with van der Waals surface area (Å²) in [5.74, 6) is 0.143. The van der Waals surface area contributed by atoms with Gasteiger partial charge in [0.1, 0.15) is 11.9 Å². The van der Waals surface area contributed by atoms with E-state index in [9.17, 15) is 4.79 Å². The second-order valence-corrected chi connectivity index (χ2v) is 4.33. The Morgan fingerprint density at radius 2 is 2.09 bits per heavy atom. The van der Waals surface area contributed by atoms with Gasteiger partial charge in [0.2, 0.25) is 0 Å². The van der Waals surface area contributed by atoms with Crippen LogP contribution in [0.1, 0.15) is 16.1 Å². The highest BCUT2D eigenvalue weighted by molar-refractivity contribution is 6.03. The number of carbonyl (C=O) groups excluding carboxylic acids is 1. The molecule has 0 aliphatic rings. The lowest BCUT2D eigenvalue weighted by Gasteiger charge is -2.07. The lowest BCUT2D eigenvalue weighted by molar-refractivity contribution is 0.102. The lowest BCUT2D eigenvalue weighted by atomic mass is 10.2. The number of aromatic nitrogens is 2. The van der Waals surface area contributed by atoms with Gasteiger partial charge < -0.3 is 15.4 Å². The Kier molecular flexibility index (Phi) is 5.40. The summed E-state index contributed by atoms with van der Waals surface area (Å²) in [5, 5.41) is 22.4. The van der Waals surface area contributed by atoms with Gasteiger partial charge in [-0.25, -0.2) is 0 Å². The van der Waals surface area contributed by atoms with Gasteiger partial charge >= 0.3 is 0 Å². The molecule has 0 spiro atoms. The van der Waals surface area contributed by atoms with E-state index in [1.54, 1.807) is 43.5 Å². The number of anilines is 2. The molecule has 2 aromatic rings. The van der Waals surface area contributed by atoms with Crippen LogP contribution in [-0.4, -0.2) is 36.4 Å². The topological polar surface area (TPSA) is 99.9 Å². The van der Waals surface area contributed by atoms with E-state index in [1.165, 1.54) is 0 Å². The third-order valence-electron chi connectivity index (χ3n) is 2.81. The quantitative estimate of drug-likeness (QED) is 0.786. The fourth-order valence-electron chi connectivity index (χ4n) is 1.70. The predicted octanol–water partition coefficient (Wildman–Crippen LogP) is 1.66. The smallest absolute Gasteiger partial charge is 0.276 e. The largest absolute Gasteiger partial charge is 0.383 e. The summed E-state index contributed by atoms with van der Waals surface area (Å²) in [4.78, 5) is 12.1. The SMILES string of the molecule is COCCNc1ccc(C(=O)Nc2ccccc2C#N)nn1. The highest BCUT2D eigenvalue weighted by Gasteiger charge is 2.10. The molecule has 7 nitrogen and oxygen atoms in total. The highest BCUT2D eigenvalue weighted by atomic mass is 16.5. The molecule has 0 aliphatic carbocycles. The van der Waals surface area contributed by atoms with Crippen molar-refractivity contribution in [1.82, 2.24) is 10.2 Å². The van der Waals surface area contributed by atoms with Gasteiger partial charge in [-0.05, 0) is 24.3 Å². The minimum Gasteiger partial charge on any atom is -0.383 e. The van der Waals surface area contributed by atoms with E-state index in [1.807, 2.05) is 6.07 Å². The first-order chi connectivity index (χ1) is 10.7. The summed E-state index contributed by atoms with van der Waals surface area (Å²) in [6, 6.07) is 12.0. The average molecular weight is 297 g/mol. The number of ether oxygens (including phenoxy) is 1. The summed E-state index contributed by atoms with van der Waals surface area (Å²) in [6.45, 7) is 1.15. The Balaban J connectivity index is 2.02. The second-order valence-electron chi connectivity index (χ2n) is 4.33. The molecule has 0 saturated heterocycles. The molecule has 0 atom stereocenters. The van der Waals surface area contributed by atoms with Crippen molar-refractivity contribution in [1.29, 1.82) is 5.26 Å². The Labute approximate surface area is 127 Å². The van der Waals surface area contributed by atoms with Crippen LogP contribution in [0.25, 0.3) is 0 Å². The third-order valence-corrected chi connectivity index (χ3v) is 2.81. The first kappa shape index (κ1) is 15.4. The number of rotatable bonds is 6. The zero-order valence-electron chi connectivity index (χ0n) is 12.0. The van der Waals surface area contributed by atoms with Gasteiger partial charge in [0, 0.05) is 13.7 Å². The number of benzene rings is 1. The Morgan fingerprint density at radius 3 is 2.77 bits per heavy atom. The van der Waals surface area contributed by atoms with E-state index in [0.29, 0.717) is 30.2 Å². The van der Waals surface area contributed by atoms with Crippen molar-refractivity contribution in [3.8, 4) is 6.07 Å². The highest BCUT2D eigenvalue weighted by Crippen LogP contribution is 2.14. The number of nitrogens with one attached hydrogen (secondary N) is 2. The van der Waals surface area contributed by atoms with Crippen LogP contribution in [0.2, 0.25) is 0 Å². The van der Waals surface area contributed by atoms with Crippen molar-refractivity contribution in [3.05, 3.63) is 47.7 Å². The number of nitrogens with zero attached hydrogens (tertiary/aromatic N) is 3. The van der Waals surface area contributed by atoms with Gasteiger partial charge in [-0.1, -0.05) is 12.1 Å². The van der Waals surface area contributed by atoms with Crippen molar-refractivity contribution >= 4 is 17.4 Å². The normalized spacial score (nSPS) is 9.82. The standard InChI is InChI=1S/C15H15N5O2/c1-22-9-8-17-14-7-6-13(19-20-14)15(21)18-12-5-3-2-4-11(12)10-16/h2-7H,8-9H2,1H3,(H,17,20)(H,18,21). The van der Waals surface area contributed by atoms with Gasteiger partial charge in [-0.3, -0.25) is 4.79 Å². The van der Waals surface area contributed by atoms with E-state index in [4.69, 9.17) is 10.00 Å². The van der Waals surface area contributed by atoms with Crippen LogP contribution in [0.3, 0.4) is 0 Å². The van der Waals surface area contributed by atoms with E-state index in [-0.39, 0.29) is 5.69 Å². The first-order valence-electron chi connectivity index (χ1n) is 6.61. The molecule has 1 aromatic carbocycles. The molecule has 7 heteroatoms. The van der Waals surface area contributed by atoms with E-state index >= 15 is 0 Å². The second kappa shape index (κ2) is 7.71. The zero-order valence-corrected chi connectivity index (χ0v) is 12.0. The van der Waals surface area contributed by atoms with Crippen molar-refractivity contribution in [2.24, 2.45) is 0 Å². The molecule has 0 saturated carbocycles. The average Bonchev–Trinajstić information content (AvgIpc) is 2.56. The number of hydrogen-bond acceptors (Lipinski definition) is 6. The maximum Gasteiger partial charge on any atom is 0.276 e. The summed E-state index contributed by atoms with van der Waals surface area (Å²) < 4.78 is 4.91. The lowest BCUT2D eigenvalue weighted by Crippen LogP contribution is -2.16. The number of hydrogen-bond donors (Lipinski definition) is 2. The van der Waals surface area contributed by atoms with Gasteiger partial charge in [0.15, 0.2) is 5.69 Å². The molecule has 22 heavy (non-hydrogen) atoms. The van der Waals surface area contributed by atoms with E-state index in [2.05, 4.69) is 20.8 Å². The Morgan fingerprint density at radius 1 is 1.27 bits per heavy atom.